The van der Waals surface area contributed by atoms with Gasteiger partial charge in [0.05, 0.1) is 27.3 Å². The summed E-state index contributed by atoms with van der Waals surface area (Å²) in [6, 6.07) is 4.88. The van der Waals surface area contributed by atoms with Gasteiger partial charge in [-0.3, -0.25) is 14.4 Å². The Labute approximate surface area is 240 Å². The van der Waals surface area contributed by atoms with Crippen LogP contribution in [-0.4, -0.2) is 81.5 Å². The quantitative estimate of drug-likeness (QED) is 0.355. The predicted molar refractivity (Wildman–Crippen MR) is 156 cm³/mol. The Hall–Kier alpha value is -2.29. The number of aliphatic hydroxyl groups is 1. The van der Waals surface area contributed by atoms with Gasteiger partial charge in [0.1, 0.15) is 6.04 Å². The largest absolute Gasteiger partial charge is 0.396 e. The van der Waals surface area contributed by atoms with Crippen LogP contribution >= 0.6 is 23.4 Å². The van der Waals surface area contributed by atoms with Crippen molar-refractivity contribution < 1.29 is 19.5 Å². The molecule has 0 aromatic heterocycles. The number of aryl methyl sites for hydroxylation is 1. The molecular weight excluding hydrogens is 534 g/mol. The fourth-order valence-corrected chi connectivity index (χ4v) is 9.14. The monoisotopic (exact) mass is 571 g/mol. The lowest BCUT2D eigenvalue weighted by Gasteiger charge is -2.35. The Morgan fingerprint density at radius 3 is 2.56 bits per heavy atom. The fraction of sp³-hybridized carbons (Fsp3) is 0.567. The van der Waals surface area contributed by atoms with Crippen molar-refractivity contribution >= 4 is 46.8 Å². The van der Waals surface area contributed by atoms with Crippen LogP contribution in [0.3, 0.4) is 0 Å². The molecule has 2 saturated heterocycles. The number of anilines is 1. The molecule has 0 bridgehead atoms. The zero-order valence-electron chi connectivity index (χ0n) is 22.7. The topological polar surface area (TPSA) is 81.2 Å². The lowest BCUT2D eigenvalue weighted by Crippen LogP contribution is -2.53. The number of carbonyl (C=O) groups excluding carboxylic acids is 3. The number of rotatable bonds is 9. The maximum absolute atomic E-state index is 14.6. The minimum Gasteiger partial charge on any atom is -0.396 e. The Kier molecular flexibility index (Phi) is 8.45. The first-order valence-electron chi connectivity index (χ1n) is 14.1. The average Bonchev–Trinajstić information content (AvgIpc) is 3.22. The zero-order chi connectivity index (χ0) is 27.7. The van der Waals surface area contributed by atoms with Gasteiger partial charge in [0.15, 0.2) is 0 Å². The van der Waals surface area contributed by atoms with Crippen LogP contribution in [0.4, 0.5) is 5.69 Å². The van der Waals surface area contributed by atoms with Gasteiger partial charge in [0, 0.05) is 38.0 Å². The van der Waals surface area contributed by atoms with Gasteiger partial charge in [0.25, 0.3) is 5.91 Å². The third kappa shape index (κ3) is 4.82. The van der Waals surface area contributed by atoms with E-state index in [-0.39, 0.29) is 29.6 Å². The number of hydrogen-bond donors (Lipinski definition) is 1. The maximum Gasteiger partial charge on any atom is 0.251 e. The Morgan fingerprint density at radius 2 is 1.82 bits per heavy atom. The van der Waals surface area contributed by atoms with Crippen LogP contribution in [0.25, 0.3) is 0 Å². The number of para-hydroxylation sites is 1. The summed E-state index contributed by atoms with van der Waals surface area (Å²) in [7, 11) is 0. The number of unbranched alkanes of at least 4 members (excludes halogenated alkanes) is 3. The summed E-state index contributed by atoms with van der Waals surface area (Å²) >= 11 is 8.24. The minimum absolute atomic E-state index is 0.0158. The molecule has 0 saturated carbocycles. The van der Waals surface area contributed by atoms with E-state index >= 15 is 0 Å². The molecule has 5 atom stereocenters. The molecule has 3 amide bonds. The Morgan fingerprint density at radius 1 is 1.03 bits per heavy atom. The molecule has 210 valence electrons. The first-order valence-corrected chi connectivity index (χ1v) is 15.4. The van der Waals surface area contributed by atoms with Crippen molar-refractivity contribution in [2.75, 3.05) is 37.7 Å². The lowest BCUT2D eigenvalue weighted by atomic mass is 9.78. The number of halogens is 1. The molecule has 1 aromatic carbocycles. The molecule has 1 unspecified atom stereocenters. The molecule has 9 heteroatoms. The van der Waals surface area contributed by atoms with E-state index in [0.717, 1.165) is 37.7 Å². The van der Waals surface area contributed by atoms with E-state index in [1.807, 2.05) is 36.1 Å². The number of nitrogens with zero attached hydrogens (tertiary/aromatic N) is 3. The van der Waals surface area contributed by atoms with Gasteiger partial charge >= 0.3 is 0 Å². The summed E-state index contributed by atoms with van der Waals surface area (Å²) in [6.45, 7) is 6.15. The smallest absolute Gasteiger partial charge is 0.251 e. The summed E-state index contributed by atoms with van der Waals surface area (Å²) in [5, 5.41) is 9.51. The molecule has 4 aliphatic heterocycles. The average molecular weight is 572 g/mol. The normalized spacial score (nSPS) is 29.9. The van der Waals surface area contributed by atoms with Gasteiger partial charge in [-0.1, -0.05) is 67.8 Å². The molecule has 4 aliphatic rings. The van der Waals surface area contributed by atoms with Crippen LogP contribution in [0.1, 0.15) is 44.6 Å². The lowest BCUT2D eigenvalue weighted by molar-refractivity contribution is -0.142. The molecule has 39 heavy (non-hydrogen) atoms. The second-order valence-corrected chi connectivity index (χ2v) is 12.9. The van der Waals surface area contributed by atoms with E-state index < -0.39 is 22.6 Å². The first kappa shape index (κ1) is 28.2. The summed E-state index contributed by atoms with van der Waals surface area (Å²) in [4.78, 5) is 48.1. The van der Waals surface area contributed by atoms with Gasteiger partial charge in [-0.15, -0.1) is 11.8 Å². The second-order valence-electron chi connectivity index (χ2n) is 11.0. The van der Waals surface area contributed by atoms with Gasteiger partial charge < -0.3 is 19.8 Å². The van der Waals surface area contributed by atoms with Crippen LogP contribution < -0.4 is 4.90 Å². The van der Waals surface area contributed by atoms with E-state index in [9.17, 15) is 14.4 Å². The van der Waals surface area contributed by atoms with Gasteiger partial charge in [-0.05, 0) is 37.8 Å². The van der Waals surface area contributed by atoms with Crippen molar-refractivity contribution in [1.29, 1.82) is 0 Å². The highest BCUT2D eigenvalue weighted by atomic mass is 35.5. The standard InChI is InChI=1S/C30H38ClN3O4S/c1-3-15-32-16-9-13-22-23(27(32)36)24-28(37)34(17-6-4-5-7-19-35)26-29(38)33(18-10-14-30(24,26)39-22)25-20(2)11-8-12-21(25)31/h8-14,22-24,26,35H,3-7,15-19H2,1-2H3/t22-,23+,24+,26?,30+/m1/s1. The molecule has 7 nitrogen and oxygen atoms in total. The zero-order valence-corrected chi connectivity index (χ0v) is 24.3. The van der Waals surface area contributed by atoms with Crippen LogP contribution in [0.15, 0.2) is 42.5 Å². The molecule has 2 fully saturated rings. The van der Waals surface area contributed by atoms with Crippen LogP contribution in [0.2, 0.25) is 5.02 Å². The Balaban J connectivity index is 1.56. The second kappa shape index (κ2) is 11.7. The number of hydrogen-bond acceptors (Lipinski definition) is 5. The van der Waals surface area contributed by atoms with E-state index in [0.29, 0.717) is 36.9 Å². The molecule has 1 spiro atoms. The van der Waals surface area contributed by atoms with E-state index in [1.165, 1.54) is 0 Å². The predicted octanol–water partition coefficient (Wildman–Crippen LogP) is 4.21. The molecular formula is C30H38ClN3O4S. The van der Waals surface area contributed by atoms with Crippen LogP contribution in [0, 0.1) is 18.8 Å². The highest BCUT2D eigenvalue weighted by Crippen LogP contribution is 2.61. The first-order chi connectivity index (χ1) is 18.9. The maximum atomic E-state index is 14.6. The number of thioether (sulfide) groups is 1. The number of likely N-dealkylation sites (tertiary alicyclic amines) is 1. The summed E-state index contributed by atoms with van der Waals surface area (Å²) in [5.41, 5.74) is 1.57. The van der Waals surface area contributed by atoms with Gasteiger partial charge in [0.2, 0.25) is 11.8 Å². The van der Waals surface area contributed by atoms with E-state index in [2.05, 4.69) is 19.1 Å². The number of carbonyl (C=O) groups is 3. The highest BCUT2D eigenvalue weighted by Gasteiger charge is 2.71. The summed E-state index contributed by atoms with van der Waals surface area (Å²) in [6.07, 6.45) is 12.2. The fourth-order valence-electron chi connectivity index (χ4n) is 6.81. The third-order valence-electron chi connectivity index (χ3n) is 8.50. The number of aliphatic hydroxyl groups excluding tert-OH is 1. The molecule has 5 rings (SSSR count). The van der Waals surface area contributed by atoms with Crippen molar-refractivity contribution in [2.45, 2.75) is 62.0 Å². The molecule has 4 heterocycles. The summed E-state index contributed by atoms with van der Waals surface area (Å²) in [5.74, 6) is -1.33. The number of amides is 3. The molecule has 1 aromatic rings. The number of benzene rings is 1. The third-order valence-corrected chi connectivity index (χ3v) is 10.6. The van der Waals surface area contributed by atoms with Crippen LogP contribution in [0.5, 0.6) is 0 Å². The molecule has 0 radical (unpaired) electrons. The van der Waals surface area contributed by atoms with Gasteiger partial charge in [-0.25, -0.2) is 0 Å². The number of fused-ring (bicyclic) bond motifs is 2. The van der Waals surface area contributed by atoms with Crippen LogP contribution in [-0.2, 0) is 14.4 Å². The van der Waals surface area contributed by atoms with Gasteiger partial charge in [-0.2, -0.15) is 0 Å². The summed E-state index contributed by atoms with van der Waals surface area (Å²) < 4.78 is -0.826. The van der Waals surface area contributed by atoms with Crippen molar-refractivity contribution in [3.63, 3.8) is 0 Å². The van der Waals surface area contributed by atoms with Crippen molar-refractivity contribution in [1.82, 2.24) is 9.80 Å². The van der Waals surface area contributed by atoms with Crippen molar-refractivity contribution in [2.24, 2.45) is 11.8 Å². The van der Waals surface area contributed by atoms with Crippen molar-refractivity contribution in [3.05, 3.63) is 53.1 Å². The highest BCUT2D eigenvalue weighted by molar-refractivity contribution is 8.02. The minimum atomic E-state index is -0.826. The molecule has 0 aliphatic carbocycles. The SMILES string of the molecule is CCCN1CC=C[C@H]2S[C@]34C=CCN(c5c(C)cccc5Cl)C(=O)C3N(CCCCCCO)C(=O)[C@@H]4[C@H]2C1=O. The molecule has 1 N–H and O–H groups in total. The van der Waals surface area contributed by atoms with E-state index in [1.54, 1.807) is 27.6 Å². The van der Waals surface area contributed by atoms with Crippen molar-refractivity contribution in [3.8, 4) is 0 Å². The van der Waals surface area contributed by atoms with E-state index in [4.69, 9.17) is 16.7 Å². The Bertz CT molecular complexity index is 1170.